The quantitative estimate of drug-likeness (QED) is 0.236. The molecular formula is C32H31FN8O2S. The van der Waals surface area contributed by atoms with Crippen molar-refractivity contribution in [3.63, 3.8) is 0 Å². The van der Waals surface area contributed by atoms with E-state index in [9.17, 15) is 12.8 Å². The van der Waals surface area contributed by atoms with Gasteiger partial charge in [0.05, 0.1) is 40.4 Å². The highest BCUT2D eigenvalue weighted by Gasteiger charge is 2.18. The third kappa shape index (κ3) is 5.95. The summed E-state index contributed by atoms with van der Waals surface area (Å²) in [5.74, 6) is 0.0159. The molecule has 0 spiro atoms. The summed E-state index contributed by atoms with van der Waals surface area (Å²) in [6, 6.07) is 8.69. The minimum Gasteiger partial charge on any atom is -0.335 e. The van der Waals surface area contributed by atoms with Crippen LogP contribution in [0.15, 0.2) is 61.3 Å². The summed E-state index contributed by atoms with van der Waals surface area (Å²) in [6.45, 7) is 3.11. The van der Waals surface area contributed by atoms with Crippen LogP contribution in [0.3, 0.4) is 0 Å². The number of likely N-dealkylation sites (tertiary alicyclic amines) is 1. The van der Waals surface area contributed by atoms with Gasteiger partial charge in [-0.15, -0.1) is 0 Å². The number of fused-ring (bicyclic) bond motifs is 2. The van der Waals surface area contributed by atoms with Crippen LogP contribution in [0.4, 0.5) is 4.39 Å². The van der Waals surface area contributed by atoms with Gasteiger partial charge in [0.1, 0.15) is 21.3 Å². The van der Waals surface area contributed by atoms with Crippen molar-refractivity contribution >= 4 is 31.8 Å². The highest BCUT2D eigenvalue weighted by Crippen LogP contribution is 2.33. The van der Waals surface area contributed by atoms with E-state index in [2.05, 4.69) is 41.1 Å². The van der Waals surface area contributed by atoms with E-state index >= 15 is 0 Å². The SMILES string of the molecule is CS(=O)(=O)CCc1cc(F)cc(-c2cncc3[nH]c(-c4n[nH]c5cnc(-c6cncc(CN7CCCCC7)c6)cc45)nc23)c1. The van der Waals surface area contributed by atoms with E-state index in [1.165, 1.54) is 37.7 Å². The van der Waals surface area contributed by atoms with Crippen molar-refractivity contribution in [2.24, 2.45) is 0 Å². The number of rotatable bonds is 8. The van der Waals surface area contributed by atoms with Gasteiger partial charge in [-0.2, -0.15) is 5.10 Å². The van der Waals surface area contributed by atoms with Crippen molar-refractivity contribution in [3.05, 3.63) is 78.3 Å². The lowest BCUT2D eigenvalue weighted by atomic mass is 10.0. The minimum atomic E-state index is -3.19. The number of imidazole rings is 1. The van der Waals surface area contributed by atoms with Gasteiger partial charge in [-0.1, -0.05) is 12.5 Å². The molecule has 1 saturated heterocycles. The Kier molecular flexibility index (Phi) is 7.39. The summed E-state index contributed by atoms with van der Waals surface area (Å²) < 4.78 is 38.0. The van der Waals surface area contributed by atoms with Gasteiger partial charge in [0.2, 0.25) is 0 Å². The number of nitrogens with one attached hydrogen (secondary N) is 2. The molecule has 0 radical (unpaired) electrons. The summed E-state index contributed by atoms with van der Waals surface area (Å²) in [4.78, 5) is 24.2. The van der Waals surface area contributed by atoms with Gasteiger partial charge in [-0.05, 0) is 73.3 Å². The third-order valence-corrected chi connectivity index (χ3v) is 8.99. The molecule has 0 bridgehead atoms. The van der Waals surface area contributed by atoms with Crippen LogP contribution in [0.1, 0.15) is 30.4 Å². The van der Waals surface area contributed by atoms with Crippen molar-refractivity contribution < 1.29 is 12.8 Å². The van der Waals surface area contributed by atoms with Crippen LogP contribution < -0.4 is 0 Å². The zero-order valence-corrected chi connectivity index (χ0v) is 25.0. The van der Waals surface area contributed by atoms with E-state index in [0.717, 1.165) is 47.4 Å². The van der Waals surface area contributed by atoms with Gasteiger partial charge in [0.15, 0.2) is 5.82 Å². The number of aromatic amines is 2. The monoisotopic (exact) mass is 610 g/mol. The number of nitrogens with zero attached hydrogens (tertiary/aromatic N) is 6. The molecule has 224 valence electrons. The predicted molar refractivity (Wildman–Crippen MR) is 168 cm³/mol. The Morgan fingerprint density at radius 1 is 0.886 bits per heavy atom. The second kappa shape index (κ2) is 11.5. The number of aromatic nitrogens is 7. The average Bonchev–Trinajstić information content (AvgIpc) is 3.64. The predicted octanol–water partition coefficient (Wildman–Crippen LogP) is 5.34. The Bertz CT molecular complexity index is 2100. The standard InChI is InChI=1S/C32H31FN8O2S/c1-44(42,43)8-5-20-9-22(12-24(33)11-20)26-16-35-17-29-30(26)38-32(37-29)31-25-13-27(36-18-28(25)39-40-31)23-10-21(14-34-15-23)19-41-6-3-2-4-7-41/h9-18H,2-8,19H2,1H3,(H,37,38)(H,39,40). The highest BCUT2D eigenvalue weighted by molar-refractivity contribution is 7.90. The number of pyridine rings is 3. The first-order valence-corrected chi connectivity index (χ1v) is 16.7. The Labute approximate surface area is 253 Å². The average molecular weight is 611 g/mol. The van der Waals surface area contributed by atoms with E-state index < -0.39 is 15.7 Å². The van der Waals surface area contributed by atoms with E-state index in [-0.39, 0.29) is 12.2 Å². The highest BCUT2D eigenvalue weighted by atomic mass is 32.2. The van der Waals surface area contributed by atoms with Gasteiger partial charge in [-0.3, -0.25) is 25.0 Å². The molecule has 44 heavy (non-hydrogen) atoms. The molecule has 1 fully saturated rings. The maximum Gasteiger partial charge on any atom is 0.159 e. The summed E-state index contributed by atoms with van der Waals surface area (Å²) in [5, 5.41) is 8.45. The first kappa shape index (κ1) is 28.2. The maximum atomic E-state index is 14.6. The molecule has 10 nitrogen and oxygen atoms in total. The molecular weight excluding hydrogens is 579 g/mol. The van der Waals surface area contributed by atoms with Crippen LogP contribution >= 0.6 is 0 Å². The second-order valence-corrected chi connectivity index (χ2v) is 13.8. The van der Waals surface area contributed by atoms with Crippen LogP contribution in [0.2, 0.25) is 0 Å². The molecule has 5 aromatic heterocycles. The molecule has 7 rings (SSSR count). The van der Waals surface area contributed by atoms with Gasteiger partial charge >= 0.3 is 0 Å². The van der Waals surface area contributed by atoms with E-state index in [4.69, 9.17) is 4.98 Å². The second-order valence-electron chi connectivity index (χ2n) is 11.5. The summed E-state index contributed by atoms with van der Waals surface area (Å²) in [5.41, 5.74) is 7.32. The number of benzene rings is 1. The first-order chi connectivity index (χ1) is 21.3. The lowest BCUT2D eigenvalue weighted by Crippen LogP contribution is -2.29. The molecule has 12 heteroatoms. The number of sulfone groups is 1. The Morgan fingerprint density at radius 3 is 2.55 bits per heavy atom. The molecule has 6 heterocycles. The third-order valence-electron chi connectivity index (χ3n) is 8.04. The van der Waals surface area contributed by atoms with Crippen LogP contribution in [0.5, 0.6) is 0 Å². The van der Waals surface area contributed by atoms with Gasteiger partial charge in [0, 0.05) is 47.9 Å². The molecule has 1 aromatic carbocycles. The number of hydrogen-bond acceptors (Lipinski definition) is 8. The Morgan fingerprint density at radius 2 is 1.70 bits per heavy atom. The zero-order valence-electron chi connectivity index (χ0n) is 24.2. The molecule has 2 N–H and O–H groups in total. The van der Waals surface area contributed by atoms with E-state index in [1.807, 2.05) is 18.5 Å². The fourth-order valence-electron chi connectivity index (χ4n) is 5.85. The van der Waals surface area contributed by atoms with Gasteiger partial charge in [-0.25, -0.2) is 17.8 Å². The van der Waals surface area contributed by atoms with Crippen LogP contribution in [0, 0.1) is 5.82 Å². The summed E-state index contributed by atoms with van der Waals surface area (Å²) in [7, 11) is -3.19. The Balaban J connectivity index is 1.23. The molecule has 0 saturated carbocycles. The van der Waals surface area contributed by atoms with Gasteiger partial charge < -0.3 is 4.98 Å². The van der Waals surface area contributed by atoms with E-state index in [0.29, 0.717) is 39.2 Å². The molecule has 0 aliphatic carbocycles. The van der Waals surface area contributed by atoms with Crippen LogP contribution in [0.25, 0.3) is 55.8 Å². The fraction of sp³-hybridized carbons (Fsp3) is 0.281. The summed E-state index contributed by atoms with van der Waals surface area (Å²) >= 11 is 0. The normalized spacial score (nSPS) is 14.5. The molecule has 0 atom stereocenters. The minimum absolute atomic E-state index is 0.0627. The number of aryl methyl sites for hydroxylation is 1. The molecule has 1 aliphatic heterocycles. The van der Waals surface area contributed by atoms with Crippen LogP contribution in [-0.4, -0.2) is 73.5 Å². The van der Waals surface area contributed by atoms with Crippen molar-refractivity contribution in [1.29, 1.82) is 0 Å². The van der Waals surface area contributed by atoms with Crippen LogP contribution in [-0.2, 0) is 22.8 Å². The van der Waals surface area contributed by atoms with Gasteiger partial charge in [0.25, 0.3) is 0 Å². The number of piperidine rings is 1. The topological polar surface area (TPSA) is 133 Å². The number of halogens is 1. The number of H-pyrrole nitrogens is 2. The zero-order chi connectivity index (χ0) is 30.3. The molecule has 6 aromatic rings. The first-order valence-electron chi connectivity index (χ1n) is 14.6. The van der Waals surface area contributed by atoms with Crippen molar-refractivity contribution in [2.45, 2.75) is 32.2 Å². The lowest BCUT2D eigenvalue weighted by Gasteiger charge is -2.26. The van der Waals surface area contributed by atoms with Crippen molar-refractivity contribution in [1.82, 2.24) is 40.0 Å². The smallest absolute Gasteiger partial charge is 0.159 e. The van der Waals surface area contributed by atoms with Crippen molar-refractivity contribution in [2.75, 3.05) is 25.1 Å². The molecule has 0 unspecified atom stereocenters. The maximum absolute atomic E-state index is 14.6. The largest absolute Gasteiger partial charge is 0.335 e. The molecule has 1 aliphatic rings. The summed E-state index contributed by atoms with van der Waals surface area (Å²) in [6.07, 6.45) is 14.0. The Hall–Kier alpha value is -4.55. The van der Waals surface area contributed by atoms with E-state index in [1.54, 1.807) is 24.7 Å². The lowest BCUT2D eigenvalue weighted by molar-refractivity contribution is 0.220. The fourth-order valence-corrected chi connectivity index (χ4v) is 6.46. The van der Waals surface area contributed by atoms with Crippen molar-refractivity contribution in [3.8, 4) is 33.9 Å². The number of hydrogen-bond donors (Lipinski definition) is 2. The molecule has 0 amide bonds.